The molecular weight excluding hydrogens is 204 g/mol. The lowest BCUT2D eigenvalue weighted by Gasteiger charge is -2.22. The molecule has 0 aliphatic heterocycles. The molecule has 0 aromatic rings. The van der Waals surface area contributed by atoms with Crippen molar-refractivity contribution in [2.45, 2.75) is 32.4 Å². The van der Waals surface area contributed by atoms with Crippen LogP contribution >= 0.6 is 12.6 Å². The highest BCUT2D eigenvalue weighted by atomic mass is 32.1. The summed E-state index contributed by atoms with van der Waals surface area (Å²) in [5.41, 5.74) is 0. The molecule has 2 nitrogen and oxygen atoms in total. The highest BCUT2D eigenvalue weighted by Gasteiger charge is 2.04. The van der Waals surface area contributed by atoms with Gasteiger partial charge in [0.2, 0.25) is 0 Å². The summed E-state index contributed by atoms with van der Waals surface area (Å²) in [5.74, 6) is 0.769. The molecule has 0 spiro atoms. The van der Waals surface area contributed by atoms with Crippen LogP contribution in [0, 0.1) is 5.92 Å². The van der Waals surface area contributed by atoms with Crippen molar-refractivity contribution in [3.8, 4) is 0 Å². The summed E-state index contributed by atoms with van der Waals surface area (Å²) in [5, 5.41) is 0.475. The first-order valence-electron chi connectivity index (χ1n) is 5.97. The molecule has 0 aliphatic rings. The van der Waals surface area contributed by atoms with Gasteiger partial charge < -0.3 is 9.80 Å². The van der Waals surface area contributed by atoms with Crippen LogP contribution in [-0.4, -0.2) is 55.3 Å². The minimum atomic E-state index is 0.475. The van der Waals surface area contributed by atoms with Crippen molar-refractivity contribution in [2.75, 3.05) is 40.3 Å². The number of nitrogens with zero attached hydrogens (tertiary/aromatic N) is 2. The largest absolute Gasteiger partial charge is 0.306 e. The molecule has 0 fully saturated rings. The Bertz CT molecular complexity index is 133. The molecule has 0 bridgehead atoms. The van der Waals surface area contributed by atoms with Crippen LogP contribution < -0.4 is 0 Å². The van der Waals surface area contributed by atoms with Gasteiger partial charge in [-0.1, -0.05) is 20.8 Å². The maximum Gasteiger partial charge on any atom is 0.0116 e. The Morgan fingerprint density at radius 2 is 1.40 bits per heavy atom. The third-order valence-electron chi connectivity index (χ3n) is 2.33. The van der Waals surface area contributed by atoms with Gasteiger partial charge in [0.05, 0.1) is 0 Å². The minimum Gasteiger partial charge on any atom is -0.306 e. The zero-order valence-corrected chi connectivity index (χ0v) is 11.9. The van der Waals surface area contributed by atoms with Gasteiger partial charge in [-0.3, -0.25) is 0 Å². The Hall–Kier alpha value is 0.270. The molecule has 0 saturated heterocycles. The van der Waals surface area contributed by atoms with Crippen molar-refractivity contribution in [1.82, 2.24) is 9.80 Å². The minimum absolute atomic E-state index is 0.475. The van der Waals surface area contributed by atoms with Crippen LogP contribution in [0.3, 0.4) is 0 Å². The van der Waals surface area contributed by atoms with Gasteiger partial charge in [0, 0.05) is 18.3 Å². The Kier molecular flexibility index (Phi) is 8.58. The van der Waals surface area contributed by atoms with Gasteiger partial charge >= 0.3 is 0 Å². The number of hydrogen-bond donors (Lipinski definition) is 1. The summed E-state index contributed by atoms with van der Waals surface area (Å²) in [4.78, 5) is 4.78. The van der Waals surface area contributed by atoms with Gasteiger partial charge in [-0.25, -0.2) is 0 Å². The Balaban J connectivity index is 3.44. The van der Waals surface area contributed by atoms with Gasteiger partial charge in [-0.15, -0.1) is 0 Å². The monoisotopic (exact) mass is 232 g/mol. The van der Waals surface area contributed by atoms with E-state index in [1.54, 1.807) is 0 Å². The lowest BCUT2D eigenvalue weighted by Crippen LogP contribution is -2.30. The van der Waals surface area contributed by atoms with E-state index in [2.05, 4.69) is 57.3 Å². The lowest BCUT2D eigenvalue weighted by atomic mass is 10.2. The van der Waals surface area contributed by atoms with E-state index in [0.29, 0.717) is 5.25 Å². The molecular formula is C12H28N2S. The van der Waals surface area contributed by atoms with Crippen LogP contribution in [0.15, 0.2) is 0 Å². The molecule has 0 rings (SSSR count). The Labute approximate surface area is 101 Å². The molecule has 0 aliphatic carbocycles. The second-order valence-corrected chi connectivity index (χ2v) is 6.00. The van der Waals surface area contributed by atoms with E-state index in [1.165, 1.54) is 26.1 Å². The number of rotatable bonds is 8. The topological polar surface area (TPSA) is 6.48 Å². The van der Waals surface area contributed by atoms with Gasteiger partial charge in [0.15, 0.2) is 0 Å². The van der Waals surface area contributed by atoms with Crippen molar-refractivity contribution in [3.63, 3.8) is 0 Å². The van der Waals surface area contributed by atoms with E-state index in [1.807, 2.05) is 0 Å². The quantitative estimate of drug-likeness (QED) is 0.641. The first-order chi connectivity index (χ1) is 6.91. The summed E-state index contributed by atoms with van der Waals surface area (Å²) in [6.45, 7) is 11.3. The third-order valence-corrected chi connectivity index (χ3v) is 2.50. The van der Waals surface area contributed by atoms with E-state index in [-0.39, 0.29) is 0 Å². The summed E-state index contributed by atoms with van der Waals surface area (Å²) in [6, 6.07) is 0. The van der Waals surface area contributed by atoms with Crippen LogP contribution in [-0.2, 0) is 0 Å². The predicted molar refractivity (Wildman–Crippen MR) is 72.9 cm³/mol. The highest BCUT2D eigenvalue weighted by Crippen LogP contribution is 1.99. The fourth-order valence-corrected chi connectivity index (χ4v) is 2.15. The zero-order chi connectivity index (χ0) is 11.8. The first-order valence-corrected chi connectivity index (χ1v) is 6.48. The Morgan fingerprint density at radius 1 is 0.933 bits per heavy atom. The van der Waals surface area contributed by atoms with Gasteiger partial charge in [0.1, 0.15) is 0 Å². The van der Waals surface area contributed by atoms with E-state index < -0.39 is 0 Å². The van der Waals surface area contributed by atoms with Crippen LogP contribution in [0.2, 0.25) is 0 Å². The van der Waals surface area contributed by atoms with Crippen molar-refractivity contribution in [2.24, 2.45) is 5.92 Å². The van der Waals surface area contributed by atoms with E-state index >= 15 is 0 Å². The molecule has 0 heterocycles. The summed E-state index contributed by atoms with van der Waals surface area (Å²) in [6.07, 6.45) is 1.25. The first kappa shape index (κ1) is 15.3. The molecule has 0 saturated carbocycles. The van der Waals surface area contributed by atoms with Crippen molar-refractivity contribution in [3.05, 3.63) is 0 Å². The smallest absolute Gasteiger partial charge is 0.0116 e. The maximum atomic E-state index is 4.39. The highest BCUT2D eigenvalue weighted by molar-refractivity contribution is 7.80. The summed E-state index contributed by atoms with van der Waals surface area (Å²) >= 11 is 4.39. The number of hydrogen-bond acceptors (Lipinski definition) is 3. The molecule has 0 radical (unpaired) electrons. The summed E-state index contributed by atoms with van der Waals surface area (Å²) in [7, 11) is 4.39. The fourth-order valence-electron chi connectivity index (χ4n) is 1.87. The molecule has 0 aromatic heterocycles. The normalized spacial score (nSPS) is 14.2. The second-order valence-electron chi connectivity index (χ2n) is 5.12. The molecule has 3 heteroatoms. The number of thiol groups is 1. The van der Waals surface area contributed by atoms with Crippen molar-refractivity contribution >= 4 is 12.6 Å². The zero-order valence-electron chi connectivity index (χ0n) is 11.0. The molecule has 0 aromatic carbocycles. The predicted octanol–water partition coefficient (Wildman–Crippen LogP) is 2.21. The van der Waals surface area contributed by atoms with Crippen LogP contribution in [0.1, 0.15) is 27.2 Å². The SMILES string of the molecule is CC(C)CN(C)CCCN(C)CC(C)S. The van der Waals surface area contributed by atoms with Crippen molar-refractivity contribution < 1.29 is 0 Å². The van der Waals surface area contributed by atoms with Crippen LogP contribution in [0.4, 0.5) is 0 Å². The van der Waals surface area contributed by atoms with Gasteiger partial charge in [-0.2, -0.15) is 12.6 Å². The van der Waals surface area contributed by atoms with E-state index in [4.69, 9.17) is 0 Å². The second kappa shape index (κ2) is 8.43. The van der Waals surface area contributed by atoms with Crippen molar-refractivity contribution in [1.29, 1.82) is 0 Å². The molecule has 15 heavy (non-hydrogen) atoms. The lowest BCUT2D eigenvalue weighted by molar-refractivity contribution is 0.261. The van der Waals surface area contributed by atoms with Crippen LogP contribution in [0.25, 0.3) is 0 Å². The third kappa shape index (κ3) is 10.6. The molecule has 1 atom stereocenters. The van der Waals surface area contributed by atoms with Gasteiger partial charge in [0.25, 0.3) is 0 Å². The molecule has 0 amide bonds. The molecule has 0 N–H and O–H groups in total. The molecule has 1 unspecified atom stereocenters. The Morgan fingerprint density at radius 3 is 1.80 bits per heavy atom. The average Bonchev–Trinajstić information content (AvgIpc) is 2.00. The summed E-state index contributed by atoms with van der Waals surface area (Å²) < 4.78 is 0. The molecule has 92 valence electrons. The fraction of sp³-hybridized carbons (Fsp3) is 1.00. The standard InChI is InChI=1S/C12H28N2S/c1-11(2)9-13(4)7-6-8-14(5)10-12(3)15/h11-12,15H,6-10H2,1-5H3. The van der Waals surface area contributed by atoms with E-state index in [0.717, 1.165) is 12.5 Å². The maximum absolute atomic E-state index is 4.39. The average molecular weight is 232 g/mol. The van der Waals surface area contributed by atoms with Gasteiger partial charge in [-0.05, 0) is 39.5 Å². The van der Waals surface area contributed by atoms with Crippen LogP contribution in [0.5, 0.6) is 0 Å². The van der Waals surface area contributed by atoms with E-state index in [9.17, 15) is 0 Å².